The van der Waals surface area contributed by atoms with Crippen molar-refractivity contribution in [2.45, 2.75) is 6.42 Å². The van der Waals surface area contributed by atoms with Crippen LogP contribution in [0.5, 0.6) is 0 Å². The Bertz CT molecular complexity index is 963. The molecule has 1 aromatic carbocycles. The van der Waals surface area contributed by atoms with E-state index in [-0.39, 0.29) is 24.9 Å². The topological polar surface area (TPSA) is 123 Å². The normalized spacial score (nSPS) is 16.0. The van der Waals surface area contributed by atoms with Gasteiger partial charge in [-0.15, -0.1) is 0 Å². The van der Waals surface area contributed by atoms with Crippen LogP contribution in [0.15, 0.2) is 42.7 Å². The molecule has 2 aromatic rings. The Balaban J connectivity index is 1.18. The predicted octanol–water partition coefficient (Wildman–Crippen LogP) is 0.867. The minimum absolute atomic E-state index is 0.000901. The van der Waals surface area contributed by atoms with Gasteiger partial charge in [-0.1, -0.05) is 6.07 Å². The van der Waals surface area contributed by atoms with Crippen molar-refractivity contribution in [3.63, 3.8) is 0 Å². The van der Waals surface area contributed by atoms with Gasteiger partial charge in [0.05, 0.1) is 0 Å². The number of rotatable bonds is 6. The largest absolute Gasteiger partial charge is 0.339 e. The second kappa shape index (κ2) is 9.94. The fourth-order valence-corrected chi connectivity index (χ4v) is 3.70. The molecule has 0 aliphatic carbocycles. The molecule has 11 heteroatoms. The van der Waals surface area contributed by atoms with Gasteiger partial charge < -0.3 is 25.8 Å². The van der Waals surface area contributed by atoms with E-state index in [0.29, 0.717) is 56.6 Å². The maximum absolute atomic E-state index is 12.5. The fraction of sp³-hybridized carbons (Fsp3) is 0.381. The summed E-state index contributed by atoms with van der Waals surface area (Å²) in [5, 5.41) is 8.20. The Labute approximate surface area is 185 Å². The Morgan fingerprint density at radius 2 is 1.81 bits per heavy atom. The van der Waals surface area contributed by atoms with Gasteiger partial charge in [-0.05, 0) is 24.3 Å². The molecule has 2 saturated heterocycles. The van der Waals surface area contributed by atoms with E-state index in [1.165, 1.54) is 0 Å². The molecule has 3 heterocycles. The zero-order valence-corrected chi connectivity index (χ0v) is 17.7. The Morgan fingerprint density at radius 3 is 2.53 bits per heavy atom. The van der Waals surface area contributed by atoms with E-state index >= 15 is 0 Å². The lowest BCUT2D eigenvalue weighted by Gasteiger charge is -2.34. The third kappa shape index (κ3) is 5.23. The van der Waals surface area contributed by atoms with Gasteiger partial charge in [-0.2, -0.15) is 0 Å². The minimum Gasteiger partial charge on any atom is -0.339 e. The van der Waals surface area contributed by atoms with Crippen molar-refractivity contribution >= 4 is 35.3 Å². The molecule has 0 spiro atoms. The average molecular weight is 438 g/mol. The van der Waals surface area contributed by atoms with Crippen LogP contribution in [0.25, 0.3) is 0 Å². The van der Waals surface area contributed by atoms with E-state index in [4.69, 9.17) is 0 Å². The number of aromatic nitrogens is 2. The van der Waals surface area contributed by atoms with Crippen molar-refractivity contribution in [2.24, 2.45) is 0 Å². The van der Waals surface area contributed by atoms with E-state index in [0.717, 1.165) is 0 Å². The molecule has 2 fully saturated rings. The van der Waals surface area contributed by atoms with Gasteiger partial charge in [0.25, 0.3) is 0 Å². The van der Waals surface area contributed by atoms with Crippen LogP contribution in [0, 0.1) is 0 Å². The zero-order valence-electron chi connectivity index (χ0n) is 17.7. The maximum Gasteiger partial charge on any atom is 0.321 e. The zero-order chi connectivity index (χ0) is 22.3. The third-order valence-corrected chi connectivity index (χ3v) is 5.36. The molecule has 3 N–H and O–H groups in total. The molecule has 0 radical (unpaired) electrons. The minimum atomic E-state index is -0.396. The maximum atomic E-state index is 12.5. The van der Waals surface area contributed by atoms with Crippen molar-refractivity contribution in [3.05, 3.63) is 42.7 Å². The van der Waals surface area contributed by atoms with E-state index in [1.807, 2.05) is 6.07 Å². The van der Waals surface area contributed by atoms with Crippen LogP contribution in [-0.2, 0) is 4.79 Å². The SMILES string of the molecule is O=C(NCCC(=O)N1CCN(c2ncccn2)CC1)Nc1cccc(N2CCNC2=O)c1. The molecule has 0 atom stereocenters. The highest BCUT2D eigenvalue weighted by Crippen LogP contribution is 2.21. The van der Waals surface area contributed by atoms with Gasteiger partial charge in [0.2, 0.25) is 11.9 Å². The van der Waals surface area contributed by atoms with Crippen LogP contribution in [0.3, 0.4) is 0 Å². The number of hydrogen-bond acceptors (Lipinski definition) is 6. The summed E-state index contributed by atoms with van der Waals surface area (Å²) < 4.78 is 0. The number of carbonyl (C=O) groups excluding carboxylic acids is 3. The monoisotopic (exact) mass is 438 g/mol. The van der Waals surface area contributed by atoms with Crippen LogP contribution in [0.4, 0.5) is 26.9 Å². The van der Waals surface area contributed by atoms with Crippen molar-refractivity contribution in [3.8, 4) is 0 Å². The molecule has 32 heavy (non-hydrogen) atoms. The van der Waals surface area contributed by atoms with Gasteiger partial charge in [0.15, 0.2) is 0 Å². The van der Waals surface area contributed by atoms with Crippen LogP contribution in [0.2, 0.25) is 0 Å². The van der Waals surface area contributed by atoms with Crippen molar-refractivity contribution < 1.29 is 14.4 Å². The van der Waals surface area contributed by atoms with Crippen molar-refractivity contribution in [1.82, 2.24) is 25.5 Å². The predicted molar refractivity (Wildman–Crippen MR) is 120 cm³/mol. The Morgan fingerprint density at radius 1 is 1.03 bits per heavy atom. The van der Waals surface area contributed by atoms with Gasteiger partial charge in [0, 0.05) is 76.0 Å². The number of carbonyl (C=O) groups is 3. The summed E-state index contributed by atoms with van der Waals surface area (Å²) in [6.45, 7) is 3.97. The molecule has 2 aliphatic rings. The number of benzene rings is 1. The highest BCUT2D eigenvalue weighted by atomic mass is 16.2. The summed E-state index contributed by atoms with van der Waals surface area (Å²) in [5.74, 6) is 0.674. The average Bonchev–Trinajstić information content (AvgIpc) is 3.26. The van der Waals surface area contributed by atoms with Gasteiger partial charge in [0.1, 0.15) is 0 Å². The van der Waals surface area contributed by atoms with E-state index in [2.05, 4.69) is 30.8 Å². The van der Waals surface area contributed by atoms with Crippen LogP contribution >= 0.6 is 0 Å². The first kappa shape index (κ1) is 21.3. The number of piperazine rings is 1. The molecule has 0 unspecified atom stereocenters. The van der Waals surface area contributed by atoms with Gasteiger partial charge in [-0.25, -0.2) is 19.6 Å². The molecular weight excluding hydrogens is 412 g/mol. The van der Waals surface area contributed by atoms with Gasteiger partial charge >= 0.3 is 12.1 Å². The third-order valence-electron chi connectivity index (χ3n) is 5.36. The molecule has 168 valence electrons. The second-order valence-electron chi connectivity index (χ2n) is 7.48. The van der Waals surface area contributed by atoms with E-state index < -0.39 is 6.03 Å². The number of anilines is 3. The van der Waals surface area contributed by atoms with Crippen LogP contribution in [0.1, 0.15) is 6.42 Å². The lowest BCUT2D eigenvalue weighted by molar-refractivity contribution is -0.131. The summed E-state index contributed by atoms with van der Waals surface area (Å²) in [4.78, 5) is 50.4. The Kier molecular flexibility index (Phi) is 6.63. The molecule has 11 nitrogen and oxygen atoms in total. The fourth-order valence-electron chi connectivity index (χ4n) is 3.70. The molecule has 2 aliphatic heterocycles. The molecular formula is C21H26N8O3. The highest BCUT2D eigenvalue weighted by Gasteiger charge is 2.23. The number of amides is 5. The van der Waals surface area contributed by atoms with E-state index in [1.54, 1.807) is 46.5 Å². The number of hydrogen-bond donors (Lipinski definition) is 3. The number of nitrogens with one attached hydrogen (secondary N) is 3. The molecule has 0 bridgehead atoms. The first-order chi connectivity index (χ1) is 15.6. The van der Waals surface area contributed by atoms with Gasteiger partial charge in [-0.3, -0.25) is 9.69 Å². The van der Waals surface area contributed by atoms with Crippen LogP contribution in [-0.4, -0.2) is 78.7 Å². The second-order valence-corrected chi connectivity index (χ2v) is 7.48. The smallest absolute Gasteiger partial charge is 0.321 e. The summed E-state index contributed by atoms with van der Waals surface area (Å²) >= 11 is 0. The summed E-state index contributed by atoms with van der Waals surface area (Å²) in [5.41, 5.74) is 1.29. The quantitative estimate of drug-likeness (QED) is 0.615. The summed E-state index contributed by atoms with van der Waals surface area (Å²) in [6.07, 6.45) is 3.63. The standard InChI is InChI=1S/C21H26N8O3/c30-18(27-11-13-28(14-12-27)19-22-6-2-7-23-19)5-8-24-20(31)26-16-3-1-4-17(15-16)29-10-9-25-21(29)32/h1-4,6-7,15H,5,8-14H2,(H,25,32)(H2,24,26,31). The van der Waals surface area contributed by atoms with E-state index in [9.17, 15) is 14.4 Å². The number of nitrogens with zero attached hydrogens (tertiary/aromatic N) is 5. The summed E-state index contributed by atoms with van der Waals surface area (Å²) in [7, 11) is 0. The summed E-state index contributed by atoms with van der Waals surface area (Å²) in [6, 6.07) is 8.31. The Hall–Kier alpha value is -3.89. The molecule has 1 aromatic heterocycles. The van der Waals surface area contributed by atoms with Crippen molar-refractivity contribution in [1.29, 1.82) is 0 Å². The lowest BCUT2D eigenvalue weighted by Crippen LogP contribution is -2.49. The molecule has 4 rings (SSSR count). The molecule has 5 amide bonds. The molecule has 0 saturated carbocycles. The van der Waals surface area contributed by atoms with Crippen LogP contribution < -0.4 is 25.8 Å². The van der Waals surface area contributed by atoms with Crippen molar-refractivity contribution in [2.75, 3.05) is 60.9 Å². The highest BCUT2D eigenvalue weighted by molar-refractivity contribution is 5.95. The lowest BCUT2D eigenvalue weighted by atomic mass is 10.2. The number of urea groups is 2. The first-order valence-corrected chi connectivity index (χ1v) is 10.6. The first-order valence-electron chi connectivity index (χ1n) is 10.6.